The lowest BCUT2D eigenvalue weighted by atomic mass is 10.0. The van der Waals surface area contributed by atoms with Crippen molar-refractivity contribution in [3.05, 3.63) is 101 Å². The molecule has 6 nitrogen and oxygen atoms in total. The standard InChI is InChI=1S/C27H12N6/c28-13-18-1-2-20-10-25(6-3-19(20)9-18)33(26-7-4-21(14-29)23(11-26)16-31)27-8-5-22(15-30)24(12-27)17-32/h1-12H. The van der Waals surface area contributed by atoms with Gasteiger partial charge in [-0.15, -0.1) is 0 Å². The van der Waals surface area contributed by atoms with Crippen LogP contribution in [0.4, 0.5) is 17.1 Å². The molecule has 0 aliphatic carbocycles. The number of fused-ring (bicyclic) bond motifs is 1. The van der Waals surface area contributed by atoms with Gasteiger partial charge >= 0.3 is 0 Å². The molecule has 0 saturated heterocycles. The first-order valence-corrected chi connectivity index (χ1v) is 9.74. The van der Waals surface area contributed by atoms with Crippen LogP contribution in [0.2, 0.25) is 0 Å². The molecule has 0 aliphatic rings. The van der Waals surface area contributed by atoms with Gasteiger partial charge in [0.1, 0.15) is 24.3 Å². The van der Waals surface area contributed by atoms with Crippen LogP contribution in [0.3, 0.4) is 0 Å². The average Bonchev–Trinajstić information content (AvgIpc) is 2.88. The Morgan fingerprint density at radius 1 is 0.424 bits per heavy atom. The van der Waals surface area contributed by atoms with Crippen molar-refractivity contribution in [1.29, 1.82) is 26.3 Å². The first-order chi connectivity index (χ1) is 16.1. The molecule has 0 saturated carbocycles. The molecule has 0 unspecified atom stereocenters. The summed E-state index contributed by atoms with van der Waals surface area (Å²) in [6.07, 6.45) is 0. The van der Waals surface area contributed by atoms with E-state index in [0.29, 0.717) is 16.9 Å². The van der Waals surface area contributed by atoms with E-state index in [4.69, 9.17) is 5.26 Å². The number of nitrogens with zero attached hydrogens (tertiary/aromatic N) is 6. The molecular weight excluding hydrogens is 408 g/mol. The van der Waals surface area contributed by atoms with Gasteiger partial charge in [-0.2, -0.15) is 26.3 Å². The minimum absolute atomic E-state index is 0.230. The molecule has 0 aliphatic heterocycles. The summed E-state index contributed by atoms with van der Waals surface area (Å²) in [5.41, 5.74) is 3.53. The maximum absolute atomic E-state index is 9.51. The van der Waals surface area contributed by atoms with Crippen molar-refractivity contribution >= 4 is 27.8 Å². The van der Waals surface area contributed by atoms with Crippen LogP contribution in [0.25, 0.3) is 10.8 Å². The van der Waals surface area contributed by atoms with Crippen molar-refractivity contribution in [2.24, 2.45) is 0 Å². The number of nitriles is 5. The quantitative estimate of drug-likeness (QED) is 0.421. The Kier molecular flexibility index (Phi) is 5.40. The van der Waals surface area contributed by atoms with E-state index in [1.165, 1.54) is 0 Å². The summed E-state index contributed by atoms with van der Waals surface area (Å²) in [6, 6.07) is 31.2. The summed E-state index contributed by atoms with van der Waals surface area (Å²) in [5, 5.41) is 48.6. The van der Waals surface area contributed by atoms with Gasteiger partial charge in [0.25, 0.3) is 0 Å². The minimum atomic E-state index is 0.230. The average molecular weight is 420 g/mol. The van der Waals surface area contributed by atoms with Gasteiger partial charge in [-0.3, -0.25) is 0 Å². The number of hydrogen-bond acceptors (Lipinski definition) is 6. The van der Waals surface area contributed by atoms with E-state index in [2.05, 4.69) is 18.2 Å². The highest BCUT2D eigenvalue weighted by Crippen LogP contribution is 2.37. The van der Waals surface area contributed by atoms with Gasteiger partial charge in [0.15, 0.2) is 0 Å². The number of benzene rings is 4. The molecule has 0 amide bonds. The van der Waals surface area contributed by atoms with Crippen molar-refractivity contribution in [3.8, 4) is 30.3 Å². The van der Waals surface area contributed by atoms with E-state index in [-0.39, 0.29) is 22.3 Å². The molecule has 0 radical (unpaired) electrons. The van der Waals surface area contributed by atoms with Crippen LogP contribution in [0.5, 0.6) is 0 Å². The molecule has 0 N–H and O–H groups in total. The predicted octanol–water partition coefficient (Wildman–Crippen LogP) is 5.67. The predicted molar refractivity (Wildman–Crippen MR) is 122 cm³/mol. The second-order valence-electron chi connectivity index (χ2n) is 7.10. The minimum Gasteiger partial charge on any atom is -0.310 e. The summed E-state index contributed by atoms with van der Waals surface area (Å²) in [5.74, 6) is 0. The monoisotopic (exact) mass is 420 g/mol. The van der Waals surface area contributed by atoms with Crippen molar-refractivity contribution in [2.75, 3.05) is 4.90 Å². The van der Waals surface area contributed by atoms with Crippen LogP contribution in [0, 0.1) is 56.7 Å². The summed E-state index contributed by atoms with van der Waals surface area (Å²) in [4.78, 5) is 1.85. The molecule has 6 heteroatoms. The number of rotatable bonds is 3. The zero-order valence-electron chi connectivity index (χ0n) is 17.1. The lowest BCUT2D eigenvalue weighted by Crippen LogP contribution is -2.11. The zero-order chi connectivity index (χ0) is 23.4. The van der Waals surface area contributed by atoms with E-state index in [1.807, 2.05) is 41.3 Å². The van der Waals surface area contributed by atoms with Crippen molar-refractivity contribution < 1.29 is 0 Å². The van der Waals surface area contributed by atoms with Gasteiger partial charge < -0.3 is 4.90 Å². The number of hydrogen-bond donors (Lipinski definition) is 0. The van der Waals surface area contributed by atoms with E-state index in [0.717, 1.165) is 16.5 Å². The van der Waals surface area contributed by atoms with Crippen molar-refractivity contribution in [1.82, 2.24) is 0 Å². The van der Waals surface area contributed by atoms with Crippen LogP contribution < -0.4 is 4.90 Å². The third-order valence-electron chi connectivity index (χ3n) is 5.22. The summed E-state index contributed by atoms with van der Waals surface area (Å²) >= 11 is 0. The van der Waals surface area contributed by atoms with Crippen LogP contribution in [0.15, 0.2) is 72.8 Å². The largest absolute Gasteiger partial charge is 0.310 e. The Labute approximate surface area is 190 Å². The SMILES string of the molecule is N#Cc1ccc2cc(N(c3ccc(C#N)c(C#N)c3)c3ccc(C#N)c(C#N)c3)ccc2c1. The fourth-order valence-corrected chi connectivity index (χ4v) is 3.61. The maximum atomic E-state index is 9.51. The smallest absolute Gasteiger partial charge is 0.101 e. The Morgan fingerprint density at radius 3 is 1.39 bits per heavy atom. The van der Waals surface area contributed by atoms with Crippen molar-refractivity contribution in [3.63, 3.8) is 0 Å². The Hall–Kier alpha value is -5.61. The molecule has 0 spiro atoms. The molecule has 0 fully saturated rings. The fraction of sp³-hybridized carbons (Fsp3) is 0. The van der Waals surface area contributed by atoms with E-state index >= 15 is 0 Å². The second kappa shape index (κ2) is 8.63. The first-order valence-electron chi connectivity index (χ1n) is 9.74. The molecule has 4 aromatic rings. The lowest BCUT2D eigenvalue weighted by Gasteiger charge is -2.26. The molecule has 4 aromatic carbocycles. The zero-order valence-corrected chi connectivity index (χ0v) is 17.1. The van der Waals surface area contributed by atoms with Crippen LogP contribution in [-0.2, 0) is 0 Å². The third kappa shape index (κ3) is 3.79. The molecular formula is C27H12N6. The lowest BCUT2D eigenvalue weighted by molar-refractivity contribution is 1.27. The summed E-state index contributed by atoms with van der Waals surface area (Å²) in [6.45, 7) is 0. The van der Waals surface area contributed by atoms with E-state index < -0.39 is 0 Å². The summed E-state index contributed by atoms with van der Waals surface area (Å²) < 4.78 is 0. The molecule has 0 aromatic heterocycles. The second-order valence-corrected chi connectivity index (χ2v) is 7.10. The molecule has 4 rings (SSSR count). The summed E-state index contributed by atoms with van der Waals surface area (Å²) in [7, 11) is 0. The highest BCUT2D eigenvalue weighted by atomic mass is 15.1. The van der Waals surface area contributed by atoms with E-state index in [9.17, 15) is 21.0 Å². The van der Waals surface area contributed by atoms with Crippen LogP contribution >= 0.6 is 0 Å². The topological polar surface area (TPSA) is 122 Å². The normalized spacial score (nSPS) is 9.67. The van der Waals surface area contributed by atoms with Gasteiger partial charge in [0.2, 0.25) is 0 Å². The highest BCUT2D eigenvalue weighted by molar-refractivity contribution is 5.90. The fourth-order valence-electron chi connectivity index (χ4n) is 3.61. The van der Waals surface area contributed by atoms with Crippen LogP contribution in [0.1, 0.15) is 27.8 Å². The molecule has 0 heterocycles. The van der Waals surface area contributed by atoms with Crippen molar-refractivity contribution in [2.45, 2.75) is 0 Å². The van der Waals surface area contributed by atoms with Crippen LogP contribution in [-0.4, -0.2) is 0 Å². The first kappa shape index (κ1) is 20.7. The van der Waals surface area contributed by atoms with Gasteiger partial charge in [-0.05, 0) is 71.4 Å². The molecule has 0 bridgehead atoms. The third-order valence-corrected chi connectivity index (χ3v) is 5.22. The maximum Gasteiger partial charge on any atom is 0.101 e. The van der Waals surface area contributed by atoms with Gasteiger partial charge in [0, 0.05) is 17.1 Å². The Morgan fingerprint density at radius 2 is 0.879 bits per heavy atom. The highest BCUT2D eigenvalue weighted by Gasteiger charge is 2.17. The van der Waals surface area contributed by atoms with Gasteiger partial charge in [-0.25, -0.2) is 0 Å². The Bertz CT molecular complexity index is 1560. The Balaban J connectivity index is 1.97. The van der Waals surface area contributed by atoms with Gasteiger partial charge in [0.05, 0.1) is 33.9 Å². The number of anilines is 3. The molecule has 0 atom stereocenters. The molecule has 150 valence electrons. The van der Waals surface area contributed by atoms with E-state index in [1.54, 1.807) is 48.5 Å². The van der Waals surface area contributed by atoms with Gasteiger partial charge in [-0.1, -0.05) is 12.1 Å². The molecule has 33 heavy (non-hydrogen) atoms.